The lowest BCUT2D eigenvalue weighted by Crippen LogP contribution is -2.53. The maximum Gasteiger partial charge on any atom is 0.417 e. The Hall–Kier alpha value is -3.64. The molecular formula is C29H30ClF4N3O4S. The molecule has 226 valence electrons. The molecule has 3 rings (SSSR count). The summed E-state index contributed by atoms with van der Waals surface area (Å²) < 4.78 is 80.4. The number of carbonyl (C=O) groups excluding carboxylic acids is 2. The predicted octanol–water partition coefficient (Wildman–Crippen LogP) is 5.43. The normalized spacial score (nSPS) is 12.5. The van der Waals surface area contributed by atoms with Gasteiger partial charge in [0, 0.05) is 19.5 Å². The van der Waals surface area contributed by atoms with Gasteiger partial charge in [-0.1, -0.05) is 61.0 Å². The lowest BCUT2D eigenvalue weighted by molar-refractivity contribution is -0.140. The van der Waals surface area contributed by atoms with E-state index >= 15 is 0 Å². The van der Waals surface area contributed by atoms with Crippen molar-refractivity contribution in [1.82, 2.24) is 10.2 Å². The number of anilines is 1. The highest BCUT2D eigenvalue weighted by atomic mass is 35.5. The fraction of sp³-hybridized carbons (Fsp3) is 0.310. The molecule has 1 atom stereocenters. The number of carbonyl (C=O) groups is 2. The first kappa shape index (κ1) is 32.9. The smallest absolute Gasteiger partial charge is 0.354 e. The third-order valence-electron chi connectivity index (χ3n) is 6.31. The summed E-state index contributed by atoms with van der Waals surface area (Å²) in [5.74, 6) is -1.89. The summed E-state index contributed by atoms with van der Waals surface area (Å²) in [4.78, 5) is 28.5. The van der Waals surface area contributed by atoms with E-state index in [0.717, 1.165) is 23.3 Å². The second kappa shape index (κ2) is 14.0. The molecular weight excluding hydrogens is 598 g/mol. The molecule has 0 saturated carbocycles. The summed E-state index contributed by atoms with van der Waals surface area (Å²) >= 11 is 5.72. The van der Waals surface area contributed by atoms with Gasteiger partial charge in [0.25, 0.3) is 0 Å². The van der Waals surface area contributed by atoms with Crippen molar-refractivity contribution in [3.8, 4) is 0 Å². The van der Waals surface area contributed by atoms with Gasteiger partial charge in [0.05, 0.1) is 22.5 Å². The highest BCUT2D eigenvalue weighted by Gasteiger charge is 2.36. The molecule has 3 aromatic carbocycles. The van der Waals surface area contributed by atoms with Crippen molar-refractivity contribution in [2.45, 2.75) is 38.5 Å². The van der Waals surface area contributed by atoms with Gasteiger partial charge in [-0.05, 0) is 47.9 Å². The van der Waals surface area contributed by atoms with Crippen molar-refractivity contribution in [2.24, 2.45) is 0 Å². The number of halogens is 5. The maximum absolute atomic E-state index is 13.9. The SMILES string of the molecule is CCCNC(=O)[C@@H](Cc1ccccc1)N(Cc1ccc(F)cc1)C(=O)CN(c1ccc(Cl)c(C(F)(F)F)c1)S(C)(=O)=O. The Morgan fingerprint density at radius 2 is 1.62 bits per heavy atom. The van der Waals surface area contributed by atoms with Crippen LogP contribution in [0.5, 0.6) is 0 Å². The zero-order valence-electron chi connectivity index (χ0n) is 22.9. The van der Waals surface area contributed by atoms with Gasteiger partial charge in [0.2, 0.25) is 21.8 Å². The average Bonchev–Trinajstić information content (AvgIpc) is 2.93. The molecule has 0 aliphatic heterocycles. The Labute approximate surface area is 247 Å². The van der Waals surface area contributed by atoms with Gasteiger partial charge in [0.1, 0.15) is 18.4 Å². The molecule has 2 amide bonds. The van der Waals surface area contributed by atoms with Crippen LogP contribution in [-0.2, 0) is 38.8 Å². The van der Waals surface area contributed by atoms with E-state index in [-0.39, 0.29) is 13.0 Å². The van der Waals surface area contributed by atoms with Crippen LogP contribution in [-0.4, -0.2) is 50.5 Å². The Bertz CT molecular complexity index is 1490. The van der Waals surface area contributed by atoms with Crippen LogP contribution in [0, 0.1) is 5.82 Å². The lowest BCUT2D eigenvalue weighted by Gasteiger charge is -2.33. The van der Waals surface area contributed by atoms with Gasteiger partial charge in [-0.25, -0.2) is 12.8 Å². The van der Waals surface area contributed by atoms with E-state index in [2.05, 4.69) is 5.32 Å². The highest BCUT2D eigenvalue weighted by molar-refractivity contribution is 7.92. The minimum Gasteiger partial charge on any atom is -0.354 e. The number of amides is 2. The summed E-state index contributed by atoms with van der Waals surface area (Å²) in [5.41, 5.74) is -0.549. The monoisotopic (exact) mass is 627 g/mol. The molecule has 0 heterocycles. The molecule has 0 saturated heterocycles. The fourth-order valence-electron chi connectivity index (χ4n) is 4.21. The molecule has 1 N–H and O–H groups in total. The standard InChI is InChI=1S/C29H30ClF4N3O4S/c1-3-15-35-28(39)26(16-20-7-5-4-6-8-20)36(18-21-9-11-22(31)12-10-21)27(38)19-37(42(2,40)41)23-13-14-25(30)24(17-23)29(32,33)34/h4-14,17,26H,3,15-16,18-19H2,1-2H3,(H,35,39)/t26-/m1/s1. The van der Waals surface area contributed by atoms with Gasteiger partial charge in [-0.15, -0.1) is 0 Å². The first-order valence-electron chi connectivity index (χ1n) is 12.9. The van der Waals surface area contributed by atoms with Crippen molar-refractivity contribution in [3.05, 3.63) is 100 Å². The van der Waals surface area contributed by atoms with E-state index in [9.17, 15) is 35.6 Å². The molecule has 3 aromatic rings. The summed E-state index contributed by atoms with van der Waals surface area (Å²) in [6.07, 6.45) is -3.47. The first-order valence-corrected chi connectivity index (χ1v) is 15.1. The zero-order chi connectivity index (χ0) is 31.1. The van der Waals surface area contributed by atoms with Crippen LogP contribution >= 0.6 is 11.6 Å². The average molecular weight is 628 g/mol. The Morgan fingerprint density at radius 1 is 0.976 bits per heavy atom. The summed E-state index contributed by atoms with van der Waals surface area (Å²) in [6, 6.07) is 15.4. The molecule has 0 bridgehead atoms. The fourth-order valence-corrected chi connectivity index (χ4v) is 5.27. The second-order valence-corrected chi connectivity index (χ2v) is 11.9. The molecule has 13 heteroatoms. The molecule has 7 nitrogen and oxygen atoms in total. The van der Waals surface area contributed by atoms with Crippen LogP contribution in [0.2, 0.25) is 5.02 Å². The molecule has 0 spiro atoms. The van der Waals surface area contributed by atoms with Crippen LogP contribution in [0.25, 0.3) is 0 Å². The van der Waals surface area contributed by atoms with Crippen molar-refractivity contribution in [1.29, 1.82) is 0 Å². The van der Waals surface area contributed by atoms with E-state index in [1.165, 1.54) is 24.3 Å². The predicted molar refractivity (Wildman–Crippen MR) is 153 cm³/mol. The van der Waals surface area contributed by atoms with E-state index in [0.29, 0.717) is 34.5 Å². The minimum atomic E-state index is -4.88. The van der Waals surface area contributed by atoms with Crippen molar-refractivity contribution in [3.63, 3.8) is 0 Å². The Kier molecular flexibility index (Phi) is 11.0. The lowest BCUT2D eigenvalue weighted by atomic mass is 10.0. The van der Waals surface area contributed by atoms with E-state index in [4.69, 9.17) is 11.6 Å². The number of alkyl halides is 3. The number of nitrogens with zero attached hydrogens (tertiary/aromatic N) is 2. The van der Waals surface area contributed by atoms with Crippen LogP contribution in [0.3, 0.4) is 0 Å². The topological polar surface area (TPSA) is 86.8 Å². The van der Waals surface area contributed by atoms with Crippen LogP contribution in [0.1, 0.15) is 30.0 Å². The number of rotatable bonds is 12. The molecule has 0 radical (unpaired) electrons. The molecule has 0 aromatic heterocycles. The third kappa shape index (κ3) is 8.93. The number of sulfonamides is 1. The quantitative estimate of drug-likeness (QED) is 0.271. The van der Waals surface area contributed by atoms with Gasteiger partial charge in [-0.2, -0.15) is 13.2 Å². The molecule has 0 unspecified atom stereocenters. The van der Waals surface area contributed by atoms with E-state index < -0.39 is 62.7 Å². The molecule has 0 aliphatic carbocycles. The van der Waals surface area contributed by atoms with E-state index in [1.807, 2.05) is 6.92 Å². The number of hydrogen-bond acceptors (Lipinski definition) is 4. The summed E-state index contributed by atoms with van der Waals surface area (Å²) in [5, 5.41) is 2.12. The Morgan fingerprint density at radius 3 is 2.19 bits per heavy atom. The second-order valence-electron chi connectivity index (χ2n) is 9.58. The van der Waals surface area contributed by atoms with Crippen molar-refractivity contribution < 1.29 is 35.6 Å². The van der Waals surface area contributed by atoms with Gasteiger partial charge in [0.15, 0.2) is 0 Å². The number of hydrogen-bond donors (Lipinski definition) is 1. The first-order chi connectivity index (χ1) is 19.7. The van der Waals surface area contributed by atoms with Crippen LogP contribution < -0.4 is 9.62 Å². The maximum atomic E-state index is 13.9. The van der Waals surface area contributed by atoms with Gasteiger partial charge < -0.3 is 10.2 Å². The number of nitrogens with one attached hydrogen (secondary N) is 1. The minimum absolute atomic E-state index is 0.0569. The molecule has 0 aliphatic rings. The van der Waals surface area contributed by atoms with Gasteiger partial charge >= 0.3 is 6.18 Å². The number of benzene rings is 3. The summed E-state index contributed by atoms with van der Waals surface area (Å²) in [7, 11) is -4.29. The van der Waals surface area contributed by atoms with E-state index in [1.54, 1.807) is 30.3 Å². The largest absolute Gasteiger partial charge is 0.417 e. The third-order valence-corrected chi connectivity index (χ3v) is 7.78. The molecule has 42 heavy (non-hydrogen) atoms. The zero-order valence-corrected chi connectivity index (χ0v) is 24.4. The van der Waals surface area contributed by atoms with Crippen molar-refractivity contribution in [2.75, 3.05) is 23.7 Å². The van der Waals surface area contributed by atoms with Crippen molar-refractivity contribution >= 4 is 39.1 Å². The van der Waals surface area contributed by atoms with Gasteiger partial charge in [-0.3, -0.25) is 13.9 Å². The van der Waals surface area contributed by atoms with Crippen LogP contribution in [0.4, 0.5) is 23.2 Å². The van der Waals surface area contributed by atoms with Crippen LogP contribution in [0.15, 0.2) is 72.8 Å². The molecule has 0 fully saturated rings. The summed E-state index contributed by atoms with van der Waals surface area (Å²) in [6.45, 7) is 1.04. The Balaban J connectivity index is 2.08. The highest BCUT2D eigenvalue weighted by Crippen LogP contribution is 2.37.